The lowest BCUT2D eigenvalue weighted by Crippen LogP contribution is -3.00. The monoisotopic (exact) mass is 275 g/mol. The van der Waals surface area contributed by atoms with Crippen molar-refractivity contribution in [2.24, 2.45) is 0 Å². The maximum Gasteiger partial charge on any atom is 0.303 e. The number of nitrogens with two attached hydrogens (primary N) is 1. The highest BCUT2D eigenvalue weighted by atomic mass is 79.9. The fraction of sp³-hybridized carbons (Fsp3) is 0.444. The summed E-state index contributed by atoms with van der Waals surface area (Å²) in [4.78, 5) is 10.3. The Morgan fingerprint density at radius 3 is 2.93 bits per heavy atom. The van der Waals surface area contributed by atoms with Crippen LogP contribution in [-0.2, 0) is 11.3 Å². The molecule has 84 valence electrons. The molecule has 0 atom stereocenters. The number of halogens is 1. The molecule has 1 heterocycles. The van der Waals surface area contributed by atoms with E-state index in [0.29, 0.717) is 18.8 Å². The molecule has 0 spiro atoms. The van der Waals surface area contributed by atoms with Crippen molar-refractivity contribution >= 4 is 11.8 Å². The smallest absolute Gasteiger partial charge is 0.303 e. The molecule has 0 radical (unpaired) electrons. The molecule has 0 fully saturated rings. The van der Waals surface area contributed by atoms with Crippen molar-refractivity contribution < 1.29 is 31.6 Å². The number of carbonyl (C=O) groups is 1. The first-order valence-corrected chi connectivity index (χ1v) is 4.44. The summed E-state index contributed by atoms with van der Waals surface area (Å²) >= 11 is 0. The maximum atomic E-state index is 10.3. The molecule has 6 heteroatoms. The molecule has 0 saturated heterocycles. The number of rotatable bonds is 4. The Morgan fingerprint density at radius 2 is 2.33 bits per heavy atom. The molecule has 5 nitrogen and oxygen atoms in total. The van der Waals surface area contributed by atoms with Gasteiger partial charge in [-0.1, -0.05) is 5.10 Å². The van der Waals surface area contributed by atoms with Gasteiger partial charge in [0, 0.05) is 12.0 Å². The van der Waals surface area contributed by atoms with Crippen LogP contribution in [0.15, 0.2) is 12.3 Å². The predicted molar refractivity (Wildman–Crippen MR) is 50.5 cm³/mol. The molecule has 0 aliphatic rings. The third kappa shape index (κ3) is 4.24. The Balaban J connectivity index is 0.00000196. The van der Waals surface area contributed by atoms with E-state index in [4.69, 9.17) is 10.8 Å². The fourth-order valence-corrected chi connectivity index (χ4v) is 1.13. The van der Waals surface area contributed by atoms with Gasteiger partial charge >= 0.3 is 5.97 Å². The van der Waals surface area contributed by atoms with Gasteiger partial charge in [-0.05, 0) is 19.4 Å². The first-order chi connectivity index (χ1) is 6.61. The van der Waals surface area contributed by atoms with E-state index in [2.05, 4.69) is 5.10 Å². The third-order valence-electron chi connectivity index (χ3n) is 1.97. The summed E-state index contributed by atoms with van der Waals surface area (Å²) in [6, 6.07) is 1.82. The van der Waals surface area contributed by atoms with Crippen LogP contribution >= 0.6 is 0 Å². The highest BCUT2D eigenvalue weighted by Crippen LogP contribution is 2.01. The largest absolute Gasteiger partial charge is 1.00 e. The van der Waals surface area contributed by atoms with Crippen molar-refractivity contribution in [1.29, 1.82) is 0 Å². The van der Waals surface area contributed by atoms with Crippen LogP contribution in [0.25, 0.3) is 0 Å². The molecule has 0 amide bonds. The van der Waals surface area contributed by atoms with E-state index < -0.39 is 5.97 Å². The molecule has 1 aromatic heterocycles. The van der Waals surface area contributed by atoms with Gasteiger partial charge in [0.2, 0.25) is 0 Å². The molecule has 15 heavy (non-hydrogen) atoms. The zero-order valence-electron chi connectivity index (χ0n) is 8.48. The van der Waals surface area contributed by atoms with Gasteiger partial charge in [0.25, 0.3) is 5.82 Å². The molecule has 0 saturated carbocycles. The average Bonchev–Trinajstić information content (AvgIpc) is 2.12. The van der Waals surface area contributed by atoms with Crippen molar-refractivity contribution in [1.82, 2.24) is 5.10 Å². The van der Waals surface area contributed by atoms with Crippen LogP contribution in [-0.4, -0.2) is 16.2 Å². The third-order valence-corrected chi connectivity index (χ3v) is 1.97. The molecular formula is C9H14BrN3O2. The molecule has 0 unspecified atom stereocenters. The van der Waals surface area contributed by atoms with Gasteiger partial charge in [-0.15, -0.1) is 4.68 Å². The average molecular weight is 276 g/mol. The van der Waals surface area contributed by atoms with Gasteiger partial charge in [-0.25, -0.2) is 0 Å². The van der Waals surface area contributed by atoms with E-state index in [1.54, 1.807) is 10.9 Å². The summed E-state index contributed by atoms with van der Waals surface area (Å²) in [5, 5.41) is 12.5. The Labute approximate surface area is 98.7 Å². The van der Waals surface area contributed by atoms with Crippen LogP contribution < -0.4 is 27.4 Å². The molecule has 3 N–H and O–H groups in total. The van der Waals surface area contributed by atoms with Crippen molar-refractivity contribution in [2.75, 3.05) is 5.73 Å². The minimum absolute atomic E-state index is 0. The number of aliphatic carboxylic acids is 1. The summed E-state index contributed by atoms with van der Waals surface area (Å²) in [5.41, 5.74) is 6.71. The normalized spacial score (nSPS) is 9.40. The fourth-order valence-electron chi connectivity index (χ4n) is 1.13. The number of anilines is 1. The summed E-state index contributed by atoms with van der Waals surface area (Å²) < 4.78 is 1.62. The molecule has 0 bridgehead atoms. The number of aryl methyl sites for hydroxylation is 2. The molecule has 1 aromatic rings. The van der Waals surface area contributed by atoms with Crippen LogP contribution in [0, 0.1) is 6.92 Å². The Kier molecular flexibility index (Phi) is 5.84. The summed E-state index contributed by atoms with van der Waals surface area (Å²) in [7, 11) is 0. The number of hydrogen-bond acceptors (Lipinski definition) is 3. The van der Waals surface area contributed by atoms with Crippen LogP contribution in [0.3, 0.4) is 0 Å². The van der Waals surface area contributed by atoms with Crippen LogP contribution in [0.5, 0.6) is 0 Å². The van der Waals surface area contributed by atoms with E-state index in [1.807, 2.05) is 13.0 Å². The molecule has 0 aliphatic heterocycles. The van der Waals surface area contributed by atoms with Gasteiger partial charge in [0.1, 0.15) is 6.54 Å². The van der Waals surface area contributed by atoms with Crippen molar-refractivity contribution in [3.63, 3.8) is 0 Å². The summed E-state index contributed by atoms with van der Waals surface area (Å²) in [6.07, 6.45) is 2.34. The molecular weight excluding hydrogens is 262 g/mol. The predicted octanol–water partition coefficient (Wildman–Crippen LogP) is -2.87. The zero-order valence-corrected chi connectivity index (χ0v) is 10.1. The van der Waals surface area contributed by atoms with E-state index in [-0.39, 0.29) is 23.4 Å². The second-order valence-corrected chi connectivity index (χ2v) is 3.12. The highest BCUT2D eigenvalue weighted by Gasteiger charge is 2.08. The maximum absolute atomic E-state index is 10.3. The van der Waals surface area contributed by atoms with Crippen molar-refractivity contribution in [2.45, 2.75) is 26.3 Å². The van der Waals surface area contributed by atoms with Gasteiger partial charge < -0.3 is 22.1 Å². The summed E-state index contributed by atoms with van der Waals surface area (Å²) in [5.74, 6) is -0.199. The number of aromatic nitrogens is 2. The lowest BCUT2D eigenvalue weighted by Gasteiger charge is -2.01. The van der Waals surface area contributed by atoms with Gasteiger partial charge in [-0.3, -0.25) is 10.5 Å². The Bertz CT molecular complexity index is 344. The standard InChI is InChI=1S/C9H13N3O2.BrH/c1-7-4-5-11-12(9(7)10)6-2-3-8(13)14;/h4-5,10H,2-3,6H2,1H3,(H,13,14);1H. The molecule has 0 aromatic carbocycles. The minimum Gasteiger partial charge on any atom is -1.00 e. The van der Waals surface area contributed by atoms with E-state index in [1.165, 1.54) is 0 Å². The molecule has 0 aliphatic carbocycles. The second kappa shape index (κ2) is 6.34. The number of nitrogens with zero attached hydrogens (tertiary/aromatic N) is 2. The van der Waals surface area contributed by atoms with Gasteiger partial charge in [0.15, 0.2) is 0 Å². The van der Waals surface area contributed by atoms with Gasteiger partial charge in [-0.2, -0.15) is 0 Å². The van der Waals surface area contributed by atoms with Crippen molar-refractivity contribution in [3.05, 3.63) is 17.8 Å². The highest BCUT2D eigenvalue weighted by molar-refractivity contribution is 5.66. The molecule has 1 rings (SSSR count). The number of hydrogen-bond donors (Lipinski definition) is 2. The van der Waals surface area contributed by atoms with E-state index in [0.717, 1.165) is 5.56 Å². The minimum atomic E-state index is -0.795. The zero-order chi connectivity index (χ0) is 10.6. The Morgan fingerprint density at radius 1 is 1.67 bits per heavy atom. The first-order valence-electron chi connectivity index (χ1n) is 4.44. The van der Waals surface area contributed by atoms with E-state index >= 15 is 0 Å². The number of carboxylic acids is 1. The van der Waals surface area contributed by atoms with E-state index in [9.17, 15) is 4.79 Å². The Hall–Kier alpha value is -1.17. The number of nitrogen functional groups attached to an aromatic ring is 1. The quantitative estimate of drug-likeness (QED) is 0.579. The summed E-state index contributed by atoms with van der Waals surface area (Å²) in [6.45, 7) is 2.44. The topological polar surface area (TPSA) is 80.1 Å². The van der Waals surface area contributed by atoms with Crippen molar-refractivity contribution in [3.8, 4) is 0 Å². The second-order valence-electron chi connectivity index (χ2n) is 3.12. The number of carboxylic acid groups (broad SMARTS) is 1. The lowest BCUT2D eigenvalue weighted by atomic mass is 10.3. The van der Waals surface area contributed by atoms with Crippen LogP contribution in [0.1, 0.15) is 18.4 Å². The lowest BCUT2D eigenvalue weighted by molar-refractivity contribution is -0.740. The van der Waals surface area contributed by atoms with Gasteiger partial charge in [0.05, 0.1) is 6.20 Å². The SMILES string of the molecule is Cc1ccn[n+](CCCC(=O)O)c1N.[Br-]. The first kappa shape index (κ1) is 13.8. The van der Waals surface area contributed by atoms with Crippen LogP contribution in [0.2, 0.25) is 0 Å². The van der Waals surface area contributed by atoms with Crippen LogP contribution in [0.4, 0.5) is 5.82 Å².